The third-order valence-electron chi connectivity index (χ3n) is 11.9. The number of nitrogens with zero attached hydrogens (tertiary/aromatic N) is 2. The van der Waals surface area contributed by atoms with E-state index in [9.17, 15) is 24.9 Å². The van der Waals surface area contributed by atoms with E-state index >= 15 is 0 Å². The molecule has 2 saturated heterocycles. The summed E-state index contributed by atoms with van der Waals surface area (Å²) in [7, 11) is 1.58. The van der Waals surface area contributed by atoms with Crippen molar-refractivity contribution in [1.29, 1.82) is 0 Å². The highest BCUT2D eigenvalue weighted by Gasteiger charge is 2.47. The summed E-state index contributed by atoms with van der Waals surface area (Å²) < 4.78 is 24.0. The van der Waals surface area contributed by atoms with Crippen molar-refractivity contribution in [1.82, 2.24) is 9.80 Å². The van der Waals surface area contributed by atoms with Gasteiger partial charge in [-0.3, -0.25) is 9.69 Å². The number of aliphatic hydroxyl groups excluding tert-OH is 2. The second-order valence-corrected chi connectivity index (χ2v) is 16.3. The molecule has 0 aromatic carbocycles. The second kappa shape index (κ2) is 19.4. The molecule has 11 heteroatoms. The summed E-state index contributed by atoms with van der Waals surface area (Å²) in [6.45, 7) is 14.4. The quantitative estimate of drug-likeness (QED) is 0.105. The Morgan fingerprint density at radius 1 is 1.13 bits per heavy atom. The number of methoxy groups -OCH3 is 1. The van der Waals surface area contributed by atoms with E-state index in [0.29, 0.717) is 38.4 Å². The minimum Gasteiger partial charge on any atom is -0.457 e. The lowest BCUT2D eigenvalue weighted by atomic mass is 9.88. The fraction of sp³-hybridized carbons (Fsp3) is 0.805. The molecular formula is C41H68N2O9. The minimum atomic E-state index is -1.14. The number of hydrogen-bond donors (Lipinski definition) is 3. The van der Waals surface area contributed by atoms with Crippen LogP contribution < -0.4 is 0 Å². The van der Waals surface area contributed by atoms with Crippen LogP contribution in [0.15, 0.2) is 36.0 Å². The molecule has 4 aliphatic rings. The van der Waals surface area contributed by atoms with E-state index in [1.807, 2.05) is 57.7 Å². The SMILES string of the molecule is CCC(O)C(C)C1OC1CC(C)(O)/C=C/C=C(\C)C1OC(=O)CC(O)CCC(C)(OC)C(OC(=O)N2CCCN(C3CCCCC3)CC2)/C=C\C1C. The zero-order chi connectivity index (χ0) is 38.1. The minimum absolute atomic E-state index is 0.00290. The van der Waals surface area contributed by atoms with Crippen LogP contribution in [-0.2, 0) is 23.7 Å². The maximum absolute atomic E-state index is 13.7. The monoisotopic (exact) mass is 732 g/mol. The average molecular weight is 733 g/mol. The summed E-state index contributed by atoms with van der Waals surface area (Å²) in [6, 6.07) is 0.604. The maximum atomic E-state index is 13.7. The van der Waals surface area contributed by atoms with Gasteiger partial charge in [-0.1, -0.05) is 64.3 Å². The highest BCUT2D eigenvalue weighted by atomic mass is 16.6. The van der Waals surface area contributed by atoms with Crippen molar-refractivity contribution in [2.24, 2.45) is 11.8 Å². The van der Waals surface area contributed by atoms with Crippen LogP contribution in [0.5, 0.6) is 0 Å². The number of carbonyl (C=O) groups excluding carboxylic acids is 2. The van der Waals surface area contributed by atoms with E-state index in [0.717, 1.165) is 25.1 Å². The normalized spacial score (nSPS) is 35.0. The van der Waals surface area contributed by atoms with Gasteiger partial charge in [-0.2, -0.15) is 0 Å². The Bertz CT molecular complexity index is 1250. The van der Waals surface area contributed by atoms with E-state index in [1.165, 1.54) is 32.1 Å². The van der Waals surface area contributed by atoms with E-state index in [4.69, 9.17) is 18.9 Å². The number of carbonyl (C=O) groups is 2. The molecule has 3 N–H and O–H groups in total. The van der Waals surface area contributed by atoms with Crippen molar-refractivity contribution in [3.05, 3.63) is 36.0 Å². The van der Waals surface area contributed by atoms with Gasteiger partial charge in [-0.25, -0.2) is 4.79 Å². The van der Waals surface area contributed by atoms with Crippen molar-refractivity contribution in [3.63, 3.8) is 0 Å². The van der Waals surface area contributed by atoms with Gasteiger partial charge in [-0.05, 0) is 70.9 Å². The van der Waals surface area contributed by atoms with Crippen molar-refractivity contribution in [2.75, 3.05) is 33.3 Å². The molecule has 1 aliphatic carbocycles. The molecule has 4 rings (SSSR count). The van der Waals surface area contributed by atoms with Gasteiger partial charge in [0.05, 0.1) is 36.4 Å². The average Bonchev–Trinajstić information content (AvgIpc) is 3.92. The zero-order valence-electron chi connectivity index (χ0n) is 32.9. The van der Waals surface area contributed by atoms with Crippen molar-refractivity contribution < 1.29 is 43.9 Å². The molecule has 3 aliphatic heterocycles. The van der Waals surface area contributed by atoms with E-state index in [2.05, 4.69) is 4.90 Å². The van der Waals surface area contributed by atoms with E-state index in [1.54, 1.807) is 26.2 Å². The largest absolute Gasteiger partial charge is 0.457 e. The third-order valence-corrected chi connectivity index (χ3v) is 11.9. The second-order valence-electron chi connectivity index (χ2n) is 16.3. The van der Waals surface area contributed by atoms with Gasteiger partial charge >= 0.3 is 12.1 Å². The van der Waals surface area contributed by atoms with Crippen LogP contribution in [0.3, 0.4) is 0 Å². The lowest BCUT2D eigenvalue weighted by Crippen LogP contribution is -2.47. The Kier molecular flexibility index (Phi) is 15.8. The Balaban J connectivity index is 1.46. The lowest BCUT2D eigenvalue weighted by Gasteiger charge is -2.37. The molecule has 11 nitrogen and oxygen atoms in total. The first-order valence-electron chi connectivity index (χ1n) is 19.9. The number of amides is 1. The predicted molar refractivity (Wildman–Crippen MR) is 201 cm³/mol. The molecule has 10 atom stereocenters. The number of esters is 1. The summed E-state index contributed by atoms with van der Waals surface area (Å²) in [5, 5.41) is 32.1. The maximum Gasteiger partial charge on any atom is 0.410 e. The molecule has 0 aromatic rings. The Morgan fingerprint density at radius 3 is 2.56 bits per heavy atom. The zero-order valence-corrected chi connectivity index (χ0v) is 32.9. The Hall–Kier alpha value is -2.28. The van der Waals surface area contributed by atoms with Gasteiger partial charge in [0, 0.05) is 57.6 Å². The molecule has 0 radical (unpaired) electrons. The van der Waals surface area contributed by atoms with Gasteiger partial charge in [0.15, 0.2) is 6.10 Å². The third kappa shape index (κ3) is 12.1. The predicted octanol–water partition coefficient (Wildman–Crippen LogP) is 5.70. The summed E-state index contributed by atoms with van der Waals surface area (Å²) in [4.78, 5) is 31.1. The number of cyclic esters (lactones) is 1. The number of ether oxygens (including phenoxy) is 4. The van der Waals surface area contributed by atoms with Crippen molar-refractivity contribution >= 4 is 12.1 Å². The molecular weight excluding hydrogens is 664 g/mol. The van der Waals surface area contributed by atoms with Gasteiger partial charge < -0.3 is 39.2 Å². The summed E-state index contributed by atoms with van der Waals surface area (Å²) in [6.07, 6.45) is 14.4. The van der Waals surface area contributed by atoms with E-state index < -0.39 is 41.6 Å². The topological polar surface area (TPSA) is 142 Å². The molecule has 1 amide bonds. The fourth-order valence-corrected chi connectivity index (χ4v) is 8.12. The molecule has 3 fully saturated rings. The number of allylic oxidation sites excluding steroid dienone is 2. The molecule has 1 saturated carbocycles. The van der Waals surface area contributed by atoms with Gasteiger partial charge in [0.1, 0.15) is 11.7 Å². The molecule has 0 spiro atoms. The summed E-state index contributed by atoms with van der Waals surface area (Å²) in [5.41, 5.74) is -1.34. The molecule has 10 unspecified atom stereocenters. The molecule has 0 aromatic heterocycles. The first kappa shape index (κ1) is 42.5. The first-order chi connectivity index (χ1) is 24.7. The molecule has 296 valence electrons. The molecule has 3 heterocycles. The highest BCUT2D eigenvalue weighted by Crippen LogP contribution is 2.38. The Labute approximate surface area is 312 Å². The number of aliphatic hydroxyl groups is 3. The summed E-state index contributed by atoms with van der Waals surface area (Å²) in [5.74, 6) is -0.827. The first-order valence-corrected chi connectivity index (χ1v) is 19.9. The van der Waals surface area contributed by atoms with E-state index in [-0.39, 0.29) is 43.0 Å². The smallest absolute Gasteiger partial charge is 0.410 e. The van der Waals surface area contributed by atoms with Crippen LogP contribution >= 0.6 is 0 Å². The number of rotatable bonds is 11. The fourth-order valence-electron chi connectivity index (χ4n) is 8.12. The van der Waals surface area contributed by atoms with Crippen LogP contribution in [-0.4, -0.2) is 124 Å². The van der Waals surface area contributed by atoms with Crippen LogP contribution in [0, 0.1) is 11.8 Å². The van der Waals surface area contributed by atoms with Crippen LogP contribution in [0.4, 0.5) is 4.79 Å². The van der Waals surface area contributed by atoms with Gasteiger partial charge in [0.2, 0.25) is 0 Å². The van der Waals surface area contributed by atoms with Crippen molar-refractivity contribution in [2.45, 2.75) is 166 Å². The van der Waals surface area contributed by atoms with Gasteiger partial charge in [0.25, 0.3) is 0 Å². The van der Waals surface area contributed by atoms with Crippen molar-refractivity contribution in [3.8, 4) is 0 Å². The van der Waals surface area contributed by atoms with Gasteiger partial charge in [-0.15, -0.1) is 0 Å². The molecule has 0 bridgehead atoms. The lowest BCUT2D eigenvalue weighted by molar-refractivity contribution is -0.151. The van der Waals surface area contributed by atoms with Crippen LogP contribution in [0.25, 0.3) is 0 Å². The van der Waals surface area contributed by atoms with Crippen LogP contribution in [0.1, 0.15) is 112 Å². The highest BCUT2D eigenvalue weighted by molar-refractivity contribution is 5.70. The number of epoxide rings is 1. The molecule has 52 heavy (non-hydrogen) atoms. The van der Waals surface area contributed by atoms with Crippen LogP contribution in [0.2, 0.25) is 0 Å². The standard InChI is InChI=1S/C41H68N2O9/c1-8-33(45)30(4)38-34(50-38)27-40(5,48)20-12-14-28(2)37-29(3)17-18-35(41(6,49-7)21-19-32(44)26-36(46)52-37)51-39(47)43-23-13-22-42(24-25-43)31-15-10-9-11-16-31/h12,14,17-18,20,29-35,37-38,44-45,48H,8-11,13,15-16,19,21-27H2,1-7H3/b18-17-,20-12+,28-14+. The summed E-state index contributed by atoms with van der Waals surface area (Å²) >= 11 is 0. The Morgan fingerprint density at radius 2 is 1.87 bits per heavy atom. The number of hydrogen-bond acceptors (Lipinski definition) is 10.